The van der Waals surface area contributed by atoms with Crippen LogP contribution in [0.1, 0.15) is 24.8 Å². The summed E-state index contributed by atoms with van der Waals surface area (Å²) >= 11 is 1.77. The van der Waals surface area contributed by atoms with Gasteiger partial charge in [-0.05, 0) is 39.9 Å². The van der Waals surface area contributed by atoms with Crippen LogP contribution in [0.2, 0.25) is 0 Å². The minimum atomic E-state index is 0.266. The van der Waals surface area contributed by atoms with Gasteiger partial charge >= 0.3 is 0 Å². The second kappa shape index (κ2) is 6.05. The fourth-order valence-electron chi connectivity index (χ4n) is 2.27. The molecule has 1 N–H and O–H groups in total. The number of hydrogen-bond donors (Lipinski definition) is 1. The first-order valence-electron chi connectivity index (χ1n) is 6.88. The van der Waals surface area contributed by atoms with E-state index in [9.17, 15) is 0 Å². The van der Waals surface area contributed by atoms with Crippen LogP contribution in [-0.4, -0.2) is 20.2 Å². The van der Waals surface area contributed by atoms with E-state index in [1.807, 2.05) is 18.2 Å². The minimum absolute atomic E-state index is 0.266. The topological polar surface area (TPSA) is 55.6 Å². The van der Waals surface area contributed by atoms with Crippen molar-refractivity contribution in [3.8, 4) is 5.69 Å². The van der Waals surface area contributed by atoms with Gasteiger partial charge in [-0.3, -0.25) is 0 Å². The van der Waals surface area contributed by atoms with E-state index in [1.54, 1.807) is 22.3 Å². The molecule has 0 aliphatic rings. The quantitative estimate of drug-likeness (QED) is 0.783. The summed E-state index contributed by atoms with van der Waals surface area (Å²) in [6.45, 7) is 4.44. The predicted molar refractivity (Wildman–Crippen MR) is 84.7 cm³/mol. The van der Waals surface area contributed by atoms with E-state index in [2.05, 4.69) is 58.3 Å². The molecule has 2 aromatic heterocycles. The molecular formula is C15H17N5S. The summed E-state index contributed by atoms with van der Waals surface area (Å²) in [5.41, 5.74) is 1.97. The number of nitrogens with zero attached hydrogens (tertiary/aromatic N) is 4. The summed E-state index contributed by atoms with van der Waals surface area (Å²) in [7, 11) is 0. The highest BCUT2D eigenvalue weighted by Gasteiger charge is 2.18. The first kappa shape index (κ1) is 13.8. The smallest absolute Gasteiger partial charge is 0.143 e. The van der Waals surface area contributed by atoms with E-state index < -0.39 is 0 Å². The third-order valence-electron chi connectivity index (χ3n) is 3.33. The Balaban J connectivity index is 1.94. The fraction of sp³-hybridized carbons (Fsp3) is 0.267. The van der Waals surface area contributed by atoms with Gasteiger partial charge in [-0.15, -0.1) is 16.4 Å². The van der Waals surface area contributed by atoms with Crippen molar-refractivity contribution >= 4 is 17.0 Å². The summed E-state index contributed by atoms with van der Waals surface area (Å²) in [4.78, 5) is 1.33. The van der Waals surface area contributed by atoms with Crippen LogP contribution in [0.25, 0.3) is 5.69 Å². The molecule has 0 aliphatic heterocycles. The Morgan fingerprint density at radius 2 is 2.00 bits per heavy atom. The third kappa shape index (κ3) is 2.95. The number of benzene rings is 1. The SMILES string of the molecule is CC(C)C(Nc1ccccc1-n1cnnn1)c1cccs1. The molecule has 2 heterocycles. The van der Waals surface area contributed by atoms with Gasteiger partial charge < -0.3 is 5.32 Å². The zero-order valence-corrected chi connectivity index (χ0v) is 12.8. The lowest BCUT2D eigenvalue weighted by atomic mass is 10.0. The Labute approximate surface area is 127 Å². The number of nitrogens with one attached hydrogen (secondary N) is 1. The van der Waals surface area contributed by atoms with Crippen molar-refractivity contribution in [3.63, 3.8) is 0 Å². The Morgan fingerprint density at radius 3 is 2.67 bits per heavy atom. The van der Waals surface area contributed by atoms with Gasteiger partial charge in [-0.25, -0.2) is 0 Å². The molecule has 0 spiro atoms. The molecule has 3 aromatic rings. The average molecular weight is 299 g/mol. The Kier molecular flexibility index (Phi) is 3.96. The maximum Gasteiger partial charge on any atom is 0.143 e. The normalized spacial score (nSPS) is 12.5. The lowest BCUT2D eigenvalue weighted by Gasteiger charge is -2.23. The molecule has 21 heavy (non-hydrogen) atoms. The molecular weight excluding hydrogens is 282 g/mol. The second-order valence-corrected chi connectivity index (χ2v) is 6.13. The van der Waals surface area contributed by atoms with Gasteiger partial charge in [-0.2, -0.15) is 4.68 Å². The summed E-state index contributed by atoms with van der Waals surface area (Å²) in [5, 5.41) is 17.1. The van der Waals surface area contributed by atoms with Crippen LogP contribution < -0.4 is 5.32 Å². The summed E-state index contributed by atoms with van der Waals surface area (Å²) < 4.78 is 1.67. The Hall–Kier alpha value is -2.21. The first-order chi connectivity index (χ1) is 10.3. The third-order valence-corrected chi connectivity index (χ3v) is 4.28. The van der Waals surface area contributed by atoms with Crippen LogP contribution in [0, 0.1) is 5.92 Å². The molecule has 0 aliphatic carbocycles. The molecule has 1 unspecified atom stereocenters. The highest BCUT2D eigenvalue weighted by Crippen LogP contribution is 2.31. The molecule has 0 radical (unpaired) electrons. The number of hydrogen-bond acceptors (Lipinski definition) is 5. The van der Waals surface area contributed by atoms with Crippen LogP contribution in [0.3, 0.4) is 0 Å². The van der Waals surface area contributed by atoms with Gasteiger partial charge in [-0.1, -0.05) is 32.0 Å². The maximum absolute atomic E-state index is 3.98. The van der Waals surface area contributed by atoms with Gasteiger partial charge in [0.25, 0.3) is 0 Å². The van der Waals surface area contributed by atoms with Crippen molar-refractivity contribution in [2.75, 3.05) is 5.32 Å². The summed E-state index contributed by atoms with van der Waals surface area (Å²) in [5.74, 6) is 0.477. The van der Waals surface area contributed by atoms with Gasteiger partial charge in [0, 0.05) is 4.88 Å². The van der Waals surface area contributed by atoms with E-state index in [0.717, 1.165) is 11.4 Å². The number of aromatic nitrogens is 4. The number of para-hydroxylation sites is 2. The van der Waals surface area contributed by atoms with Gasteiger partial charge in [0.15, 0.2) is 0 Å². The molecule has 1 atom stereocenters. The van der Waals surface area contributed by atoms with Crippen LogP contribution in [0.5, 0.6) is 0 Å². The van der Waals surface area contributed by atoms with Crippen molar-refractivity contribution in [3.05, 3.63) is 53.0 Å². The molecule has 0 saturated carbocycles. The van der Waals surface area contributed by atoms with Crippen LogP contribution in [-0.2, 0) is 0 Å². The van der Waals surface area contributed by atoms with Crippen molar-refractivity contribution in [2.24, 2.45) is 5.92 Å². The molecule has 3 rings (SSSR count). The molecule has 0 saturated heterocycles. The van der Waals surface area contributed by atoms with Crippen LogP contribution in [0.15, 0.2) is 48.1 Å². The maximum atomic E-state index is 3.98. The van der Waals surface area contributed by atoms with Gasteiger partial charge in [0.1, 0.15) is 6.33 Å². The minimum Gasteiger partial charge on any atom is -0.375 e. The largest absolute Gasteiger partial charge is 0.375 e. The predicted octanol–water partition coefficient (Wildman–Crippen LogP) is 3.53. The zero-order chi connectivity index (χ0) is 14.7. The Morgan fingerprint density at radius 1 is 1.14 bits per heavy atom. The highest BCUT2D eigenvalue weighted by atomic mass is 32.1. The molecule has 0 amide bonds. The number of rotatable bonds is 5. The zero-order valence-electron chi connectivity index (χ0n) is 12.0. The van der Waals surface area contributed by atoms with Gasteiger partial charge in [0.2, 0.25) is 0 Å². The number of tetrazole rings is 1. The number of anilines is 1. The van der Waals surface area contributed by atoms with Crippen LogP contribution in [0.4, 0.5) is 5.69 Å². The van der Waals surface area contributed by atoms with E-state index in [4.69, 9.17) is 0 Å². The summed E-state index contributed by atoms with van der Waals surface area (Å²) in [6.07, 6.45) is 1.61. The monoisotopic (exact) mass is 299 g/mol. The molecule has 108 valence electrons. The first-order valence-corrected chi connectivity index (χ1v) is 7.76. The van der Waals surface area contributed by atoms with E-state index in [0.29, 0.717) is 5.92 Å². The van der Waals surface area contributed by atoms with E-state index in [1.165, 1.54) is 4.88 Å². The lowest BCUT2D eigenvalue weighted by Crippen LogP contribution is -2.17. The molecule has 6 heteroatoms. The molecule has 1 aromatic carbocycles. The van der Waals surface area contributed by atoms with E-state index >= 15 is 0 Å². The van der Waals surface area contributed by atoms with Crippen LogP contribution >= 0.6 is 11.3 Å². The number of thiophene rings is 1. The molecule has 5 nitrogen and oxygen atoms in total. The van der Waals surface area contributed by atoms with Crippen molar-refractivity contribution in [2.45, 2.75) is 19.9 Å². The average Bonchev–Trinajstić information content (AvgIpc) is 3.18. The Bertz CT molecular complexity index is 676. The van der Waals surface area contributed by atoms with E-state index in [-0.39, 0.29) is 6.04 Å². The second-order valence-electron chi connectivity index (χ2n) is 5.15. The van der Waals surface area contributed by atoms with Gasteiger partial charge in [0.05, 0.1) is 17.4 Å². The highest BCUT2D eigenvalue weighted by molar-refractivity contribution is 7.10. The molecule has 0 bridgehead atoms. The van der Waals surface area contributed by atoms with Crippen molar-refractivity contribution in [1.82, 2.24) is 20.2 Å². The molecule has 0 fully saturated rings. The lowest BCUT2D eigenvalue weighted by molar-refractivity contribution is 0.553. The fourth-order valence-corrected chi connectivity index (χ4v) is 3.22. The standard InChI is InChI=1S/C15H17N5S/c1-11(2)15(14-8-5-9-21-14)17-12-6-3-4-7-13(12)20-10-16-18-19-20/h3-11,15,17H,1-2H3. The summed E-state index contributed by atoms with van der Waals surface area (Å²) in [6, 6.07) is 12.6. The van der Waals surface area contributed by atoms with Crippen molar-refractivity contribution < 1.29 is 0 Å². The van der Waals surface area contributed by atoms with Crippen molar-refractivity contribution in [1.29, 1.82) is 0 Å².